The Balaban J connectivity index is 1.17. The number of rotatable bonds is 7. The minimum Gasteiger partial charge on any atom is -0.349 e. The van der Waals surface area contributed by atoms with Crippen LogP contribution in [0, 0.1) is 5.82 Å². The molecule has 3 aromatic rings. The number of benzene rings is 2. The zero-order chi connectivity index (χ0) is 23.5. The van der Waals surface area contributed by atoms with Crippen LogP contribution in [0.25, 0.3) is 11.4 Å². The quantitative estimate of drug-likeness (QED) is 0.556. The van der Waals surface area contributed by atoms with E-state index in [2.05, 4.69) is 25.7 Å². The lowest BCUT2D eigenvalue weighted by Gasteiger charge is -2.30. The Morgan fingerprint density at radius 1 is 1.12 bits per heavy atom. The van der Waals surface area contributed by atoms with Gasteiger partial charge in [-0.05, 0) is 62.6 Å². The Labute approximate surface area is 196 Å². The second kappa shape index (κ2) is 9.72. The molecule has 1 aliphatic carbocycles. The van der Waals surface area contributed by atoms with E-state index < -0.39 is 0 Å². The van der Waals surface area contributed by atoms with Gasteiger partial charge in [-0.2, -0.15) is 4.98 Å². The highest BCUT2D eigenvalue weighted by Gasteiger charge is 2.27. The molecule has 9 heteroatoms. The van der Waals surface area contributed by atoms with Crippen molar-refractivity contribution in [3.8, 4) is 11.4 Å². The first-order valence-corrected chi connectivity index (χ1v) is 11.6. The molecular formula is C25H26FN5O3. The lowest BCUT2D eigenvalue weighted by molar-refractivity contribution is -0.117. The lowest BCUT2D eigenvalue weighted by Crippen LogP contribution is -2.39. The summed E-state index contributed by atoms with van der Waals surface area (Å²) in [6.45, 7) is 1.63. The predicted octanol–water partition coefficient (Wildman–Crippen LogP) is 3.59. The largest absolute Gasteiger partial charge is 0.349 e. The monoisotopic (exact) mass is 463 g/mol. The van der Waals surface area contributed by atoms with Crippen LogP contribution < -0.4 is 10.6 Å². The molecule has 2 aromatic carbocycles. The van der Waals surface area contributed by atoms with Crippen LogP contribution in [0.5, 0.6) is 0 Å². The van der Waals surface area contributed by atoms with Gasteiger partial charge in [0.1, 0.15) is 5.82 Å². The number of carbonyl (C=O) groups excluding carboxylic acids is 2. The molecule has 8 nitrogen and oxygen atoms in total. The average molecular weight is 464 g/mol. The first-order chi connectivity index (χ1) is 16.5. The van der Waals surface area contributed by atoms with E-state index in [0.717, 1.165) is 32.2 Å². The van der Waals surface area contributed by atoms with Crippen LogP contribution >= 0.6 is 0 Å². The maximum atomic E-state index is 13.5. The number of hydrogen-bond donors (Lipinski definition) is 2. The summed E-state index contributed by atoms with van der Waals surface area (Å²) in [5, 5.41) is 9.85. The first kappa shape index (κ1) is 22.2. The van der Waals surface area contributed by atoms with Gasteiger partial charge < -0.3 is 15.2 Å². The number of carbonyl (C=O) groups is 2. The highest BCUT2D eigenvalue weighted by molar-refractivity contribution is 5.97. The van der Waals surface area contributed by atoms with Crippen LogP contribution in [0.4, 0.5) is 10.1 Å². The molecule has 1 saturated carbocycles. The van der Waals surface area contributed by atoms with E-state index in [1.54, 1.807) is 36.4 Å². The minimum absolute atomic E-state index is 0.00538. The van der Waals surface area contributed by atoms with Gasteiger partial charge in [0.2, 0.25) is 17.6 Å². The molecule has 1 unspecified atom stereocenters. The third kappa shape index (κ3) is 5.48. The molecule has 2 fully saturated rings. The van der Waals surface area contributed by atoms with Gasteiger partial charge in [0.05, 0.1) is 12.5 Å². The van der Waals surface area contributed by atoms with Crippen LogP contribution in [-0.4, -0.2) is 52.5 Å². The van der Waals surface area contributed by atoms with Crippen LogP contribution in [0.15, 0.2) is 53.1 Å². The molecule has 1 atom stereocenters. The number of aromatic nitrogens is 2. The van der Waals surface area contributed by atoms with Crippen molar-refractivity contribution in [1.29, 1.82) is 0 Å². The van der Waals surface area contributed by atoms with E-state index in [9.17, 15) is 14.0 Å². The van der Waals surface area contributed by atoms with Gasteiger partial charge in [-0.25, -0.2) is 4.39 Å². The zero-order valence-electron chi connectivity index (χ0n) is 18.7. The number of nitrogens with one attached hydrogen (secondary N) is 2. The molecule has 1 aromatic heterocycles. The highest BCUT2D eigenvalue weighted by atomic mass is 19.1. The van der Waals surface area contributed by atoms with Gasteiger partial charge in [-0.3, -0.25) is 14.5 Å². The Kier molecular flexibility index (Phi) is 6.35. The zero-order valence-corrected chi connectivity index (χ0v) is 18.7. The molecule has 5 rings (SSSR count). The summed E-state index contributed by atoms with van der Waals surface area (Å²) in [6.07, 6.45) is 3.82. The summed E-state index contributed by atoms with van der Waals surface area (Å²) in [5.41, 5.74) is 1.70. The normalized spacial score (nSPS) is 18.4. The van der Waals surface area contributed by atoms with Gasteiger partial charge in [-0.15, -0.1) is 0 Å². The molecule has 2 aliphatic rings. The average Bonchev–Trinajstić information content (AvgIpc) is 3.50. The molecule has 0 spiro atoms. The van der Waals surface area contributed by atoms with Crippen molar-refractivity contribution in [2.24, 2.45) is 0 Å². The Bertz CT molecular complexity index is 1190. The summed E-state index contributed by atoms with van der Waals surface area (Å²) in [5.74, 6) is 0.244. The van der Waals surface area contributed by atoms with Gasteiger partial charge >= 0.3 is 0 Å². The molecule has 1 saturated heterocycles. The van der Waals surface area contributed by atoms with Crippen molar-refractivity contribution in [2.75, 3.05) is 25.0 Å². The number of piperidine rings is 1. The molecule has 1 aliphatic heterocycles. The molecule has 34 heavy (non-hydrogen) atoms. The number of hydrogen-bond acceptors (Lipinski definition) is 6. The number of nitrogens with zero attached hydrogens (tertiary/aromatic N) is 3. The first-order valence-electron chi connectivity index (χ1n) is 11.6. The standard InChI is InChI=1S/C25H26FN5O3/c26-19-7-1-4-16(12-19)23-29-25(34-30-23)18-6-3-11-31(14-18)15-22(32)27-21-8-2-5-17(13-21)24(33)28-20-9-10-20/h1-2,4-5,7-8,12-13,18,20H,3,6,9-11,14-15H2,(H,27,32)(H,28,33). The van der Waals surface area contributed by atoms with Crippen LogP contribution in [0.2, 0.25) is 0 Å². The molecule has 2 heterocycles. The van der Waals surface area contributed by atoms with E-state index in [0.29, 0.717) is 35.1 Å². The minimum atomic E-state index is -0.354. The van der Waals surface area contributed by atoms with Crippen molar-refractivity contribution >= 4 is 17.5 Å². The van der Waals surface area contributed by atoms with Crippen molar-refractivity contribution in [1.82, 2.24) is 20.4 Å². The third-order valence-electron chi connectivity index (χ3n) is 6.07. The summed E-state index contributed by atoms with van der Waals surface area (Å²) in [4.78, 5) is 31.5. The Hall–Kier alpha value is -3.59. The fraction of sp³-hybridized carbons (Fsp3) is 0.360. The smallest absolute Gasteiger partial charge is 0.251 e. The summed E-state index contributed by atoms with van der Waals surface area (Å²) < 4.78 is 19.0. The number of amides is 2. The second-order valence-electron chi connectivity index (χ2n) is 8.92. The van der Waals surface area contributed by atoms with Gasteiger partial charge in [-0.1, -0.05) is 23.4 Å². The SMILES string of the molecule is O=C(CN1CCCC(c2nc(-c3cccc(F)c3)no2)C1)Nc1cccc(C(=O)NC2CC2)c1. The molecule has 2 amide bonds. The van der Waals surface area contributed by atoms with E-state index >= 15 is 0 Å². The van der Waals surface area contributed by atoms with Crippen LogP contribution in [0.1, 0.15) is 47.8 Å². The summed E-state index contributed by atoms with van der Waals surface area (Å²) in [7, 11) is 0. The van der Waals surface area contributed by atoms with Crippen molar-refractivity contribution in [3.05, 3.63) is 65.8 Å². The Morgan fingerprint density at radius 2 is 1.97 bits per heavy atom. The molecule has 176 valence electrons. The fourth-order valence-electron chi connectivity index (χ4n) is 4.18. The number of likely N-dealkylation sites (tertiary alicyclic amines) is 1. The topological polar surface area (TPSA) is 100 Å². The van der Waals surface area contributed by atoms with Crippen molar-refractivity contribution < 1.29 is 18.5 Å². The fourth-order valence-corrected chi connectivity index (χ4v) is 4.18. The molecule has 2 N–H and O–H groups in total. The van der Waals surface area contributed by atoms with E-state index in [-0.39, 0.29) is 36.1 Å². The van der Waals surface area contributed by atoms with Crippen LogP contribution in [-0.2, 0) is 4.79 Å². The summed E-state index contributed by atoms with van der Waals surface area (Å²) >= 11 is 0. The van der Waals surface area contributed by atoms with E-state index in [1.807, 2.05) is 0 Å². The lowest BCUT2D eigenvalue weighted by atomic mass is 9.98. The maximum absolute atomic E-state index is 13.5. The molecule has 0 bridgehead atoms. The Morgan fingerprint density at radius 3 is 2.79 bits per heavy atom. The number of halogens is 1. The summed E-state index contributed by atoms with van der Waals surface area (Å²) in [6, 6.07) is 13.3. The van der Waals surface area contributed by atoms with Gasteiger partial charge in [0.15, 0.2) is 0 Å². The predicted molar refractivity (Wildman–Crippen MR) is 124 cm³/mol. The highest BCUT2D eigenvalue weighted by Crippen LogP contribution is 2.28. The number of anilines is 1. The molecular weight excluding hydrogens is 437 g/mol. The third-order valence-corrected chi connectivity index (χ3v) is 6.07. The van der Waals surface area contributed by atoms with Crippen molar-refractivity contribution in [2.45, 2.75) is 37.6 Å². The van der Waals surface area contributed by atoms with E-state index in [1.165, 1.54) is 12.1 Å². The van der Waals surface area contributed by atoms with Crippen molar-refractivity contribution in [3.63, 3.8) is 0 Å². The van der Waals surface area contributed by atoms with Crippen LogP contribution in [0.3, 0.4) is 0 Å². The van der Waals surface area contributed by atoms with Gasteiger partial charge in [0, 0.05) is 29.4 Å². The molecule has 0 radical (unpaired) electrons. The maximum Gasteiger partial charge on any atom is 0.251 e. The van der Waals surface area contributed by atoms with Gasteiger partial charge in [0.25, 0.3) is 5.91 Å². The second-order valence-corrected chi connectivity index (χ2v) is 8.92. The van der Waals surface area contributed by atoms with E-state index in [4.69, 9.17) is 4.52 Å².